The quantitative estimate of drug-likeness (QED) is 0.770. The smallest absolute Gasteiger partial charge is 0.242 e. The molecule has 3 atom stereocenters. The molecule has 0 aromatic carbocycles. The summed E-state index contributed by atoms with van der Waals surface area (Å²) in [6.07, 6.45) is 4.19. The molecule has 3 unspecified atom stereocenters. The fourth-order valence-electron chi connectivity index (χ4n) is 3.54. The molecule has 4 heteroatoms. The summed E-state index contributed by atoms with van der Waals surface area (Å²) in [6.45, 7) is 3.28. The maximum Gasteiger partial charge on any atom is 0.242 e. The van der Waals surface area contributed by atoms with Crippen molar-refractivity contribution in [1.82, 2.24) is 10.2 Å². The molecule has 2 amide bonds. The van der Waals surface area contributed by atoms with Crippen molar-refractivity contribution >= 4 is 11.8 Å². The molecule has 0 bridgehead atoms. The zero-order valence-corrected chi connectivity index (χ0v) is 10.3. The molecule has 0 radical (unpaired) electrons. The van der Waals surface area contributed by atoms with Gasteiger partial charge in [0.25, 0.3) is 0 Å². The summed E-state index contributed by atoms with van der Waals surface area (Å²) in [5.74, 6) is 2.11. The van der Waals surface area contributed by atoms with E-state index < -0.39 is 0 Å². The first-order chi connectivity index (χ1) is 8.20. The summed E-state index contributed by atoms with van der Waals surface area (Å²) in [6, 6.07) is -0.229. The molecule has 1 aliphatic heterocycles. The fourth-order valence-corrected chi connectivity index (χ4v) is 3.54. The Bertz CT molecular complexity index is 345. The van der Waals surface area contributed by atoms with E-state index in [0.29, 0.717) is 13.1 Å². The number of fused-ring (bicyclic) bond motifs is 1. The first-order valence-corrected chi connectivity index (χ1v) is 6.79. The van der Waals surface area contributed by atoms with Crippen LogP contribution in [0.2, 0.25) is 0 Å². The Kier molecular flexibility index (Phi) is 2.60. The highest BCUT2D eigenvalue weighted by atomic mass is 16.2. The molecule has 3 aliphatic rings. The van der Waals surface area contributed by atoms with E-state index in [2.05, 4.69) is 5.32 Å². The number of piperazine rings is 1. The normalized spacial score (nSPS) is 39.8. The highest BCUT2D eigenvalue weighted by Gasteiger charge is 2.49. The van der Waals surface area contributed by atoms with Crippen molar-refractivity contribution in [1.29, 1.82) is 0 Å². The minimum Gasteiger partial charge on any atom is -0.353 e. The first kappa shape index (κ1) is 11.1. The van der Waals surface area contributed by atoms with Crippen LogP contribution in [0.1, 0.15) is 32.6 Å². The molecule has 0 aromatic rings. The zero-order chi connectivity index (χ0) is 12.0. The van der Waals surface area contributed by atoms with Gasteiger partial charge in [-0.15, -0.1) is 0 Å². The van der Waals surface area contributed by atoms with Crippen LogP contribution in [0.4, 0.5) is 0 Å². The molecule has 4 nitrogen and oxygen atoms in total. The predicted octanol–water partition coefficient (Wildman–Crippen LogP) is 0.769. The molecule has 1 saturated heterocycles. The minimum absolute atomic E-state index is 0.0234. The highest BCUT2D eigenvalue weighted by molar-refractivity contribution is 5.89. The Morgan fingerprint density at radius 2 is 2.06 bits per heavy atom. The zero-order valence-electron chi connectivity index (χ0n) is 10.3. The van der Waals surface area contributed by atoms with Gasteiger partial charge < -0.3 is 10.2 Å². The summed E-state index contributed by atoms with van der Waals surface area (Å²) in [4.78, 5) is 26.0. The van der Waals surface area contributed by atoms with Crippen molar-refractivity contribution in [3.63, 3.8) is 0 Å². The van der Waals surface area contributed by atoms with Gasteiger partial charge in [0, 0.05) is 19.0 Å². The van der Waals surface area contributed by atoms with Gasteiger partial charge in [0.1, 0.15) is 6.04 Å². The van der Waals surface area contributed by atoms with Crippen LogP contribution in [-0.2, 0) is 9.59 Å². The maximum atomic E-state index is 12.4. The molecule has 94 valence electrons. The molecule has 1 heterocycles. The van der Waals surface area contributed by atoms with Gasteiger partial charge >= 0.3 is 0 Å². The predicted molar refractivity (Wildman–Crippen MR) is 63.1 cm³/mol. The monoisotopic (exact) mass is 236 g/mol. The van der Waals surface area contributed by atoms with Gasteiger partial charge in [0.05, 0.1) is 0 Å². The Morgan fingerprint density at radius 3 is 2.71 bits per heavy atom. The Balaban J connectivity index is 1.68. The lowest BCUT2D eigenvalue weighted by molar-refractivity contribution is -0.146. The third-order valence-electron chi connectivity index (χ3n) is 4.59. The van der Waals surface area contributed by atoms with Crippen molar-refractivity contribution in [2.24, 2.45) is 17.8 Å². The average molecular weight is 236 g/mol. The van der Waals surface area contributed by atoms with E-state index in [1.807, 2.05) is 11.8 Å². The van der Waals surface area contributed by atoms with E-state index >= 15 is 0 Å². The Hall–Kier alpha value is -1.06. The van der Waals surface area contributed by atoms with E-state index in [-0.39, 0.29) is 23.8 Å². The standard InChI is InChI=1S/C13H20N2O2/c1-2-11-12(16)14-3-4-15(11)13(17)10-6-8-5-9(8)7-10/h8-11H,2-7H2,1H3,(H,14,16). The van der Waals surface area contributed by atoms with Crippen molar-refractivity contribution in [2.75, 3.05) is 13.1 Å². The summed E-state index contributed by atoms with van der Waals surface area (Å²) >= 11 is 0. The topological polar surface area (TPSA) is 49.4 Å². The third-order valence-corrected chi connectivity index (χ3v) is 4.59. The van der Waals surface area contributed by atoms with Gasteiger partial charge in [-0.1, -0.05) is 6.92 Å². The van der Waals surface area contributed by atoms with E-state index in [9.17, 15) is 9.59 Å². The SMILES string of the molecule is CCC1C(=O)NCCN1C(=O)C1CC2CC2C1. The second kappa shape index (κ2) is 4.00. The summed E-state index contributed by atoms with van der Waals surface area (Å²) in [5, 5.41) is 2.84. The Morgan fingerprint density at radius 1 is 1.35 bits per heavy atom. The van der Waals surface area contributed by atoms with Crippen molar-refractivity contribution in [2.45, 2.75) is 38.6 Å². The molecule has 3 rings (SSSR count). The minimum atomic E-state index is -0.229. The Labute approximate surface area is 102 Å². The van der Waals surface area contributed by atoms with Gasteiger partial charge in [-0.3, -0.25) is 9.59 Å². The van der Waals surface area contributed by atoms with Crippen LogP contribution in [0.15, 0.2) is 0 Å². The molecule has 0 spiro atoms. The third kappa shape index (κ3) is 1.83. The number of nitrogens with zero attached hydrogens (tertiary/aromatic N) is 1. The van der Waals surface area contributed by atoms with Crippen molar-refractivity contribution in [3.05, 3.63) is 0 Å². The van der Waals surface area contributed by atoms with Gasteiger partial charge in [-0.2, -0.15) is 0 Å². The molecular weight excluding hydrogens is 216 g/mol. The summed E-state index contributed by atoms with van der Waals surface area (Å²) in [7, 11) is 0. The molecule has 2 saturated carbocycles. The number of rotatable bonds is 2. The second-order valence-corrected chi connectivity index (χ2v) is 5.67. The van der Waals surface area contributed by atoms with Gasteiger partial charge in [0.15, 0.2) is 0 Å². The fraction of sp³-hybridized carbons (Fsp3) is 0.846. The lowest BCUT2D eigenvalue weighted by atomic mass is 9.99. The van der Waals surface area contributed by atoms with Crippen LogP contribution in [-0.4, -0.2) is 35.8 Å². The second-order valence-electron chi connectivity index (χ2n) is 5.67. The lowest BCUT2D eigenvalue weighted by Crippen LogP contribution is -2.58. The van der Waals surface area contributed by atoms with Crippen LogP contribution in [0.5, 0.6) is 0 Å². The molecular formula is C13H20N2O2. The average Bonchev–Trinajstić information content (AvgIpc) is 2.95. The molecule has 2 aliphatic carbocycles. The lowest BCUT2D eigenvalue weighted by Gasteiger charge is -2.36. The van der Waals surface area contributed by atoms with Gasteiger partial charge in [-0.05, 0) is 37.5 Å². The maximum absolute atomic E-state index is 12.4. The first-order valence-electron chi connectivity index (χ1n) is 6.79. The number of amides is 2. The van der Waals surface area contributed by atoms with Gasteiger partial charge in [-0.25, -0.2) is 0 Å². The van der Waals surface area contributed by atoms with Crippen molar-refractivity contribution in [3.8, 4) is 0 Å². The van der Waals surface area contributed by atoms with E-state index in [1.54, 1.807) is 0 Å². The van der Waals surface area contributed by atoms with Crippen LogP contribution < -0.4 is 5.32 Å². The molecule has 3 fully saturated rings. The summed E-state index contributed by atoms with van der Waals surface area (Å²) in [5.41, 5.74) is 0. The molecule has 1 N–H and O–H groups in total. The van der Waals surface area contributed by atoms with E-state index in [0.717, 1.165) is 31.1 Å². The number of hydrogen-bond acceptors (Lipinski definition) is 2. The molecule has 17 heavy (non-hydrogen) atoms. The van der Waals surface area contributed by atoms with Crippen LogP contribution in [0, 0.1) is 17.8 Å². The van der Waals surface area contributed by atoms with Gasteiger partial charge in [0.2, 0.25) is 11.8 Å². The number of carbonyl (C=O) groups is 2. The van der Waals surface area contributed by atoms with Crippen LogP contribution >= 0.6 is 0 Å². The summed E-state index contributed by atoms with van der Waals surface area (Å²) < 4.78 is 0. The largest absolute Gasteiger partial charge is 0.353 e. The number of nitrogens with one attached hydrogen (secondary N) is 1. The van der Waals surface area contributed by atoms with E-state index in [1.165, 1.54) is 6.42 Å². The highest BCUT2D eigenvalue weighted by Crippen LogP contribution is 2.54. The number of hydrogen-bond donors (Lipinski definition) is 1. The van der Waals surface area contributed by atoms with Crippen molar-refractivity contribution < 1.29 is 9.59 Å². The van der Waals surface area contributed by atoms with E-state index in [4.69, 9.17) is 0 Å². The molecule has 0 aromatic heterocycles. The van der Waals surface area contributed by atoms with Crippen LogP contribution in [0.25, 0.3) is 0 Å². The number of carbonyl (C=O) groups excluding carboxylic acids is 2. The van der Waals surface area contributed by atoms with Crippen LogP contribution in [0.3, 0.4) is 0 Å².